The van der Waals surface area contributed by atoms with Crippen molar-refractivity contribution >= 4 is 0 Å². The van der Waals surface area contributed by atoms with Gasteiger partial charge in [-0.05, 0) is 18.2 Å². The van der Waals surface area contributed by atoms with E-state index in [1.807, 2.05) is 6.07 Å². The SMILES string of the molecule is CC(C)NCc1coc(COc2cccc(F)c2)c1. The van der Waals surface area contributed by atoms with Gasteiger partial charge >= 0.3 is 0 Å². The number of halogens is 1. The molecule has 19 heavy (non-hydrogen) atoms. The first-order valence-corrected chi connectivity index (χ1v) is 6.31. The first-order valence-electron chi connectivity index (χ1n) is 6.31. The van der Waals surface area contributed by atoms with Crippen LogP contribution in [0.1, 0.15) is 25.2 Å². The molecule has 0 fully saturated rings. The quantitative estimate of drug-likeness (QED) is 0.866. The van der Waals surface area contributed by atoms with E-state index < -0.39 is 0 Å². The Morgan fingerprint density at radius 1 is 1.32 bits per heavy atom. The molecule has 0 bridgehead atoms. The molecule has 4 heteroatoms. The highest BCUT2D eigenvalue weighted by atomic mass is 19.1. The van der Waals surface area contributed by atoms with E-state index in [9.17, 15) is 4.39 Å². The summed E-state index contributed by atoms with van der Waals surface area (Å²) in [6.07, 6.45) is 1.71. The molecule has 3 nitrogen and oxygen atoms in total. The van der Waals surface area contributed by atoms with Crippen molar-refractivity contribution < 1.29 is 13.5 Å². The number of furan rings is 1. The van der Waals surface area contributed by atoms with Crippen LogP contribution < -0.4 is 10.1 Å². The predicted octanol–water partition coefficient (Wildman–Crippen LogP) is 3.50. The second-order valence-corrected chi connectivity index (χ2v) is 4.70. The molecule has 2 rings (SSSR count). The average molecular weight is 263 g/mol. The Morgan fingerprint density at radius 3 is 2.89 bits per heavy atom. The molecule has 0 saturated heterocycles. The molecule has 0 aliphatic rings. The van der Waals surface area contributed by atoms with Crippen molar-refractivity contribution in [1.82, 2.24) is 5.32 Å². The van der Waals surface area contributed by atoms with Gasteiger partial charge in [-0.15, -0.1) is 0 Å². The number of benzene rings is 1. The molecule has 1 heterocycles. The normalized spacial score (nSPS) is 10.9. The highest BCUT2D eigenvalue weighted by molar-refractivity contribution is 5.23. The van der Waals surface area contributed by atoms with E-state index in [4.69, 9.17) is 9.15 Å². The van der Waals surface area contributed by atoms with Crippen molar-refractivity contribution in [3.05, 3.63) is 53.7 Å². The molecule has 0 aliphatic carbocycles. The third kappa shape index (κ3) is 4.41. The van der Waals surface area contributed by atoms with Gasteiger partial charge in [0.1, 0.15) is 23.9 Å². The van der Waals surface area contributed by atoms with Crippen LogP contribution in [-0.2, 0) is 13.2 Å². The molecule has 1 aromatic heterocycles. The predicted molar refractivity (Wildman–Crippen MR) is 71.4 cm³/mol. The van der Waals surface area contributed by atoms with Gasteiger partial charge in [-0.1, -0.05) is 19.9 Å². The molecule has 0 spiro atoms. The van der Waals surface area contributed by atoms with Crippen LogP contribution in [-0.4, -0.2) is 6.04 Å². The molecule has 1 aromatic carbocycles. The number of ether oxygens (including phenoxy) is 1. The maximum atomic E-state index is 13.0. The summed E-state index contributed by atoms with van der Waals surface area (Å²) in [5.74, 6) is 0.918. The molecular formula is C15H18FNO2. The monoisotopic (exact) mass is 263 g/mol. The highest BCUT2D eigenvalue weighted by Crippen LogP contribution is 2.15. The van der Waals surface area contributed by atoms with Crippen LogP contribution in [0.4, 0.5) is 4.39 Å². The van der Waals surface area contributed by atoms with Crippen LogP contribution in [0.2, 0.25) is 0 Å². The molecule has 1 N–H and O–H groups in total. The Morgan fingerprint density at radius 2 is 2.16 bits per heavy atom. The van der Waals surface area contributed by atoms with Gasteiger partial charge in [0.05, 0.1) is 6.26 Å². The lowest BCUT2D eigenvalue weighted by Crippen LogP contribution is -2.21. The maximum Gasteiger partial charge on any atom is 0.146 e. The Labute approximate surface area is 112 Å². The summed E-state index contributed by atoms with van der Waals surface area (Å²) in [5.41, 5.74) is 1.08. The fourth-order valence-electron chi connectivity index (χ4n) is 1.63. The number of rotatable bonds is 6. The van der Waals surface area contributed by atoms with E-state index in [0.29, 0.717) is 18.4 Å². The maximum absolute atomic E-state index is 13.0. The summed E-state index contributed by atoms with van der Waals surface area (Å²) < 4.78 is 23.8. The van der Waals surface area contributed by atoms with Crippen molar-refractivity contribution in [1.29, 1.82) is 0 Å². The van der Waals surface area contributed by atoms with Crippen LogP contribution in [0.15, 0.2) is 41.0 Å². The molecule has 102 valence electrons. The van der Waals surface area contributed by atoms with Crippen molar-refractivity contribution in [3.8, 4) is 5.75 Å². The van der Waals surface area contributed by atoms with Gasteiger partial charge in [0.15, 0.2) is 0 Å². The third-order valence-corrected chi connectivity index (χ3v) is 2.60. The van der Waals surface area contributed by atoms with Crippen molar-refractivity contribution in [3.63, 3.8) is 0 Å². The first kappa shape index (κ1) is 13.6. The Bertz CT molecular complexity index is 522. The molecular weight excluding hydrogens is 245 g/mol. The topological polar surface area (TPSA) is 34.4 Å². The first-order chi connectivity index (χ1) is 9.13. The lowest BCUT2D eigenvalue weighted by Gasteiger charge is -2.05. The van der Waals surface area contributed by atoms with Crippen LogP contribution >= 0.6 is 0 Å². The van der Waals surface area contributed by atoms with E-state index in [1.165, 1.54) is 12.1 Å². The van der Waals surface area contributed by atoms with Crippen LogP contribution in [0.3, 0.4) is 0 Å². The van der Waals surface area contributed by atoms with Crippen LogP contribution in [0, 0.1) is 5.82 Å². The van der Waals surface area contributed by atoms with E-state index in [-0.39, 0.29) is 5.82 Å². The number of hydrogen-bond acceptors (Lipinski definition) is 3. The minimum absolute atomic E-state index is 0.297. The van der Waals surface area contributed by atoms with Crippen LogP contribution in [0.25, 0.3) is 0 Å². The van der Waals surface area contributed by atoms with Crippen molar-refractivity contribution in [2.24, 2.45) is 0 Å². The van der Waals surface area contributed by atoms with Gasteiger partial charge < -0.3 is 14.5 Å². The third-order valence-electron chi connectivity index (χ3n) is 2.60. The van der Waals surface area contributed by atoms with E-state index in [0.717, 1.165) is 17.9 Å². The van der Waals surface area contributed by atoms with E-state index in [1.54, 1.807) is 18.4 Å². The zero-order valence-electron chi connectivity index (χ0n) is 11.2. The van der Waals surface area contributed by atoms with Gasteiger partial charge in [-0.25, -0.2) is 4.39 Å². The zero-order chi connectivity index (χ0) is 13.7. The molecule has 0 aliphatic heterocycles. The van der Waals surface area contributed by atoms with Gasteiger partial charge in [0.2, 0.25) is 0 Å². The highest BCUT2D eigenvalue weighted by Gasteiger charge is 2.04. The summed E-state index contributed by atoms with van der Waals surface area (Å²) in [6.45, 7) is 5.24. The second kappa shape index (κ2) is 6.38. The lowest BCUT2D eigenvalue weighted by molar-refractivity contribution is 0.269. The van der Waals surface area contributed by atoms with Crippen LogP contribution in [0.5, 0.6) is 5.75 Å². The standard InChI is InChI=1S/C15H18FNO2/c1-11(2)17-8-12-6-15(18-9-12)10-19-14-5-3-4-13(16)7-14/h3-7,9,11,17H,8,10H2,1-2H3. The fourth-order valence-corrected chi connectivity index (χ4v) is 1.63. The molecule has 0 atom stereocenters. The average Bonchev–Trinajstić information content (AvgIpc) is 2.82. The van der Waals surface area contributed by atoms with Crippen molar-refractivity contribution in [2.45, 2.75) is 33.0 Å². The zero-order valence-corrected chi connectivity index (χ0v) is 11.2. The Hall–Kier alpha value is -1.81. The van der Waals surface area contributed by atoms with Gasteiger partial charge in [-0.2, -0.15) is 0 Å². The molecule has 2 aromatic rings. The minimum atomic E-state index is -0.307. The summed E-state index contributed by atoms with van der Waals surface area (Å²) in [5, 5.41) is 3.31. The fraction of sp³-hybridized carbons (Fsp3) is 0.333. The summed E-state index contributed by atoms with van der Waals surface area (Å²) >= 11 is 0. The molecule has 0 saturated carbocycles. The van der Waals surface area contributed by atoms with Gasteiger partial charge in [-0.3, -0.25) is 0 Å². The summed E-state index contributed by atoms with van der Waals surface area (Å²) in [7, 11) is 0. The molecule has 0 radical (unpaired) electrons. The smallest absolute Gasteiger partial charge is 0.146 e. The number of nitrogens with one attached hydrogen (secondary N) is 1. The molecule has 0 amide bonds. The molecule has 0 unspecified atom stereocenters. The van der Waals surface area contributed by atoms with Crippen molar-refractivity contribution in [2.75, 3.05) is 0 Å². The Kier molecular flexibility index (Phi) is 4.58. The van der Waals surface area contributed by atoms with Gasteiger partial charge in [0, 0.05) is 24.2 Å². The number of hydrogen-bond donors (Lipinski definition) is 1. The van der Waals surface area contributed by atoms with Gasteiger partial charge in [0.25, 0.3) is 0 Å². The largest absolute Gasteiger partial charge is 0.486 e. The Balaban J connectivity index is 1.86. The lowest BCUT2D eigenvalue weighted by atomic mass is 10.3. The van der Waals surface area contributed by atoms with E-state index in [2.05, 4.69) is 19.2 Å². The summed E-state index contributed by atoms with van der Waals surface area (Å²) in [6, 6.07) is 8.44. The second-order valence-electron chi connectivity index (χ2n) is 4.70. The van der Waals surface area contributed by atoms with E-state index >= 15 is 0 Å². The minimum Gasteiger partial charge on any atom is -0.486 e. The summed E-state index contributed by atoms with van der Waals surface area (Å²) in [4.78, 5) is 0.